The summed E-state index contributed by atoms with van der Waals surface area (Å²) < 4.78 is 1.06. The summed E-state index contributed by atoms with van der Waals surface area (Å²) in [6.45, 7) is 6.33. The van der Waals surface area contributed by atoms with E-state index in [0.717, 1.165) is 32.5 Å². The minimum atomic E-state index is 0.392. The number of aliphatic imine (C=N–C) groups is 1. The van der Waals surface area contributed by atoms with Crippen molar-refractivity contribution in [1.82, 2.24) is 0 Å². The highest BCUT2D eigenvalue weighted by Crippen LogP contribution is 2.29. The quantitative estimate of drug-likeness (QED) is 0.584. The second-order valence-electron chi connectivity index (χ2n) is 4.55. The lowest BCUT2D eigenvalue weighted by atomic mass is 9.94. The van der Waals surface area contributed by atoms with E-state index in [2.05, 4.69) is 41.4 Å². The molecule has 1 atom stereocenters. The van der Waals surface area contributed by atoms with Crippen molar-refractivity contribution >= 4 is 45.6 Å². The average molecular weight is 391 g/mol. The molecule has 0 bridgehead atoms. The van der Waals surface area contributed by atoms with Gasteiger partial charge in [0.1, 0.15) is 0 Å². The normalized spacial score (nSPS) is 15.2. The zero-order valence-electron chi connectivity index (χ0n) is 11.8. The smallest absolute Gasteiger partial charge is 0.0509 e. The molecule has 0 amide bonds. The molecule has 0 aromatic heterocycles. The van der Waals surface area contributed by atoms with Crippen LogP contribution in [0.25, 0.3) is 5.70 Å². The van der Waals surface area contributed by atoms with E-state index in [-0.39, 0.29) is 0 Å². The van der Waals surface area contributed by atoms with Crippen LogP contribution in [0.4, 0.5) is 0 Å². The maximum Gasteiger partial charge on any atom is 0.0509 e. The van der Waals surface area contributed by atoms with Gasteiger partial charge in [0.05, 0.1) is 5.02 Å². The van der Waals surface area contributed by atoms with Crippen LogP contribution in [-0.4, -0.2) is 12.8 Å². The third-order valence-electron chi connectivity index (χ3n) is 3.34. The van der Waals surface area contributed by atoms with Gasteiger partial charge < -0.3 is 5.73 Å². The molecule has 0 heterocycles. The summed E-state index contributed by atoms with van der Waals surface area (Å²) in [5.41, 5.74) is 10.0. The summed E-state index contributed by atoms with van der Waals surface area (Å²) in [5.74, 6) is 0.392. The SMILES string of the molecule is CCC(C)C(=NC)C(C)=C(N)c1c(Cl)cccc1I. The molecule has 1 rings (SSSR count). The molecule has 4 heteroatoms. The second kappa shape index (κ2) is 7.29. The van der Waals surface area contributed by atoms with Crippen LogP contribution in [0.2, 0.25) is 5.02 Å². The van der Waals surface area contributed by atoms with E-state index in [1.165, 1.54) is 0 Å². The van der Waals surface area contributed by atoms with Crippen LogP contribution < -0.4 is 5.73 Å². The number of halogens is 2. The van der Waals surface area contributed by atoms with Gasteiger partial charge in [0, 0.05) is 27.6 Å². The third kappa shape index (κ3) is 3.72. The van der Waals surface area contributed by atoms with Crippen molar-refractivity contribution in [2.75, 3.05) is 7.05 Å². The summed E-state index contributed by atoms with van der Waals surface area (Å²) in [4.78, 5) is 4.40. The van der Waals surface area contributed by atoms with Crippen LogP contribution in [0.1, 0.15) is 32.8 Å². The van der Waals surface area contributed by atoms with E-state index in [9.17, 15) is 0 Å². The first-order valence-corrected chi connectivity index (χ1v) is 7.77. The van der Waals surface area contributed by atoms with Crippen LogP contribution in [0.3, 0.4) is 0 Å². The number of benzene rings is 1. The Balaban J connectivity index is 3.37. The Labute approximate surface area is 134 Å². The van der Waals surface area contributed by atoms with E-state index in [0.29, 0.717) is 10.9 Å². The second-order valence-corrected chi connectivity index (χ2v) is 6.12. The molecule has 2 N–H and O–H groups in total. The van der Waals surface area contributed by atoms with Crippen molar-refractivity contribution in [3.05, 3.63) is 37.9 Å². The van der Waals surface area contributed by atoms with E-state index in [1.54, 1.807) is 0 Å². The zero-order valence-corrected chi connectivity index (χ0v) is 14.7. The van der Waals surface area contributed by atoms with Gasteiger partial charge in [-0.15, -0.1) is 0 Å². The van der Waals surface area contributed by atoms with E-state index < -0.39 is 0 Å². The Morgan fingerprint density at radius 2 is 2.11 bits per heavy atom. The summed E-state index contributed by atoms with van der Waals surface area (Å²) in [7, 11) is 1.82. The number of hydrogen-bond donors (Lipinski definition) is 1. The number of nitrogens with two attached hydrogens (primary N) is 1. The highest BCUT2D eigenvalue weighted by atomic mass is 127. The molecular weight excluding hydrogens is 371 g/mol. The zero-order chi connectivity index (χ0) is 14.6. The fraction of sp³-hybridized carbons (Fsp3) is 0.400. The van der Waals surface area contributed by atoms with Gasteiger partial charge in [0.2, 0.25) is 0 Å². The Morgan fingerprint density at radius 3 is 2.58 bits per heavy atom. The molecule has 0 aliphatic rings. The maximum absolute atomic E-state index is 6.32. The van der Waals surface area contributed by atoms with Crippen LogP contribution in [0.15, 0.2) is 28.8 Å². The molecule has 0 spiro atoms. The van der Waals surface area contributed by atoms with Crippen molar-refractivity contribution in [2.24, 2.45) is 16.6 Å². The number of rotatable bonds is 4. The standard InChI is InChI=1S/C15H20ClIN2/c1-5-9(2)15(19-4)10(3)14(18)13-11(16)7-6-8-12(13)17/h6-9H,5,18H2,1-4H3. The number of allylic oxidation sites excluding steroid dienone is 1. The summed E-state index contributed by atoms with van der Waals surface area (Å²) >= 11 is 8.53. The van der Waals surface area contributed by atoms with Gasteiger partial charge in [-0.05, 0) is 59.6 Å². The van der Waals surface area contributed by atoms with Gasteiger partial charge in [0.15, 0.2) is 0 Å². The van der Waals surface area contributed by atoms with Crippen molar-refractivity contribution in [1.29, 1.82) is 0 Å². The predicted molar refractivity (Wildman–Crippen MR) is 93.8 cm³/mol. The monoisotopic (exact) mass is 390 g/mol. The number of nitrogens with zero attached hydrogens (tertiary/aromatic N) is 1. The highest BCUT2D eigenvalue weighted by Gasteiger charge is 2.16. The Kier molecular flexibility index (Phi) is 6.33. The van der Waals surface area contributed by atoms with E-state index in [1.807, 2.05) is 32.2 Å². The van der Waals surface area contributed by atoms with Crippen molar-refractivity contribution < 1.29 is 0 Å². The van der Waals surface area contributed by atoms with Crippen LogP contribution >= 0.6 is 34.2 Å². The van der Waals surface area contributed by atoms with Gasteiger partial charge in [-0.1, -0.05) is 31.5 Å². The van der Waals surface area contributed by atoms with Gasteiger partial charge in [-0.2, -0.15) is 0 Å². The Bertz CT molecular complexity index is 501. The van der Waals surface area contributed by atoms with Crippen LogP contribution in [-0.2, 0) is 0 Å². The first-order chi connectivity index (χ1) is 8.93. The minimum Gasteiger partial charge on any atom is -0.398 e. The predicted octanol–water partition coefficient (Wildman–Crippen LogP) is 4.75. The lowest BCUT2D eigenvalue weighted by molar-refractivity contribution is 0.737. The summed E-state index contributed by atoms with van der Waals surface area (Å²) in [5, 5.41) is 0.684. The molecule has 0 saturated heterocycles. The largest absolute Gasteiger partial charge is 0.398 e. The van der Waals surface area contributed by atoms with E-state index >= 15 is 0 Å². The molecule has 0 saturated carbocycles. The van der Waals surface area contributed by atoms with Gasteiger partial charge in [0.25, 0.3) is 0 Å². The Morgan fingerprint density at radius 1 is 1.47 bits per heavy atom. The van der Waals surface area contributed by atoms with Crippen LogP contribution in [0, 0.1) is 9.49 Å². The van der Waals surface area contributed by atoms with Crippen LogP contribution in [0.5, 0.6) is 0 Å². The molecule has 2 nitrogen and oxygen atoms in total. The first-order valence-electron chi connectivity index (χ1n) is 6.31. The maximum atomic E-state index is 6.32. The lowest BCUT2D eigenvalue weighted by Gasteiger charge is -2.17. The molecule has 104 valence electrons. The van der Waals surface area contributed by atoms with Crippen molar-refractivity contribution in [3.63, 3.8) is 0 Å². The first kappa shape index (κ1) is 16.5. The third-order valence-corrected chi connectivity index (χ3v) is 4.55. The molecule has 0 aliphatic heterocycles. The molecule has 1 aromatic rings. The van der Waals surface area contributed by atoms with E-state index in [4.69, 9.17) is 17.3 Å². The van der Waals surface area contributed by atoms with Gasteiger partial charge in [-0.3, -0.25) is 4.99 Å². The summed E-state index contributed by atoms with van der Waals surface area (Å²) in [6, 6.07) is 5.80. The van der Waals surface area contributed by atoms with Crippen molar-refractivity contribution in [2.45, 2.75) is 27.2 Å². The topological polar surface area (TPSA) is 38.4 Å². The summed E-state index contributed by atoms with van der Waals surface area (Å²) in [6.07, 6.45) is 1.04. The highest BCUT2D eigenvalue weighted by molar-refractivity contribution is 14.1. The lowest BCUT2D eigenvalue weighted by Crippen LogP contribution is -2.16. The molecule has 0 aliphatic carbocycles. The fourth-order valence-electron chi connectivity index (χ4n) is 2.03. The molecule has 0 fully saturated rings. The molecular formula is C15H20ClIN2. The fourth-order valence-corrected chi connectivity index (χ4v) is 3.26. The molecule has 0 radical (unpaired) electrons. The molecule has 1 aromatic carbocycles. The van der Waals surface area contributed by atoms with Gasteiger partial charge >= 0.3 is 0 Å². The van der Waals surface area contributed by atoms with Crippen molar-refractivity contribution in [3.8, 4) is 0 Å². The number of hydrogen-bond acceptors (Lipinski definition) is 2. The molecule has 1 unspecified atom stereocenters. The van der Waals surface area contributed by atoms with Gasteiger partial charge in [-0.25, -0.2) is 0 Å². The minimum absolute atomic E-state index is 0.392. The average Bonchev–Trinajstić information content (AvgIpc) is 2.38. The molecule has 19 heavy (non-hydrogen) atoms. The Hall–Kier alpha value is -0.550.